The summed E-state index contributed by atoms with van der Waals surface area (Å²) in [6, 6.07) is 8.05. The minimum atomic E-state index is 0.108. The second kappa shape index (κ2) is 6.59. The standard InChI is InChI=1S/C15H19NO2S/c1-11(16)7-13-3-4-14(17-2)8-15(13)18-9-12-5-6-19-10-12/h3-6,8,10-11H,7,9,16H2,1-2H3. The van der Waals surface area contributed by atoms with Gasteiger partial charge in [-0.2, -0.15) is 11.3 Å². The minimum absolute atomic E-state index is 0.108. The Labute approximate surface area is 118 Å². The van der Waals surface area contributed by atoms with Crippen molar-refractivity contribution in [3.63, 3.8) is 0 Å². The first kappa shape index (κ1) is 13.9. The number of nitrogens with two attached hydrogens (primary N) is 1. The highest BCUT2D eigenvalue weighted by Gasteiger charge is 2.08. The molecule has 0 saturated heterocycles. The Kier molecular flexibility index (Phi) is 4.82. The van der Waals surface area contributed by atoms with E-state index in [0.717, 1.165) is 23.5 Å². The second-order valence-corrected chi connectivity index (χ2v) is 5.36. The predicted octanol–water partition coefficient (Wildman–Crippen LogP) is 3.23. The fourth-order valence-corrected chi connectivity index (χ4v) is 2.50. The summed E-state index contributed by atoms with van der Waals surface area (Å²) < 4.78 is 11.1. The van der Waals surface area contributed by atoms with Crippen molar-refractivity contribution < 1.29 is 9.47 Å². The van der Waals surface area contributed by atoms with E-state index in [1.165, 1.54) is 5.56 Å². The zero-order valence-corrected chi connectivity index (χ0v) is 12.1. The van der Waals surface area contributed by atoms with Crippen molar-refractivity contribution in [3.05, 3.63) is 46.2 Å². The highest BCUT2D eigenvalue weighted by molar-refractivity contribution is 7.07. The number of hydrogen-bond acceptors (Lipinski definition) is 4. The smallest absolute Gasteiger partial charge is 0.126 e. The van der Waals surface area contributed by atoms with E-state index in [1.54, 1.807) is 18.4 Å². The van der Waals surface area contributed by atoms with Crippen LogP contribution in [0.3, 0.4) is 0 Å². The van der Waals surface area contributed by atoms with Gasteiger partial charge in [0.2, 0.25) is 0 Å². The molecule has 0 fully saturated rings. The van der Waals surface area contributed by atoms with Gasteiger partial charge in [0.1, 0.15) is 18.1 Å². The van der Waals surface area contributed by atoms with Gasteiger partial charge in [0.15, 0.2) is 0 Å². The Balaban J connectivity index is 2.14. The number of benzene rings is 1. The number of thiophene rings is 1. The molecule has 0 saturated carbocycles. The van der Waals surface area contributed by atoms with Crippen LogP contribution in [0.4, 0.5) is 0 Å². The molecule has 3 nitrogen and oxygen atoms in total. The van der Waals surface area contributed by atoms with Crippen LogP contribution in [0.15, 0.2) is 35.0 Å². The topological polar surface area (TPSA) is 44.5 Å². The molecule has 19 heavy (non-hydrogen) atoms. The van der Waals surface area contributed by atoms with Gasteiger partial charge in [-0.1, -0.05) is 6.07 Å². The van der Waals surface area contributed by atoms with Gasteiger partial charge in [-0.05, 0) is 47.4 Å². The average Bonchev–Trinajstić information content (AvgIpc) is 2.90. The molecular weight excluding hydrogens is 258 g/mol. The van der Waals surface area contributed by atoms with Crippen LogP contribution in [0.5, 0.6) is 11.5 Å². The minimum Gasteiger partial charge on any atom is -0.497 e. The third kappa shape index (κ3) is 3.98. The monoisotopic (exact) mass is 277 g/mol. The van der Waals surface area contributed by atoms with Gasteiger partial charge in [-0.3, -0.25) is 0 Å². The van der Waals surface area contributed by atoms with Crippen LogP contribution in [-0.2, 0) is 13.0 Å². The predicted molar refractivity (Wildman–Crippen MR) is 79.0 cm³/mol. The van der Waals surface area contributed by atoms with E-state index < -0.39 is 0 Å². The molecule has 102 valence electrons. The van der Waals surface area contributed by atoms with E-state index in [-0.39, 0.29) is 6.04 Å². The molecule has 0 aliphatic heterocycles. The van der Waals surface area contributed by atoms with Gasteiger partial charge in [0, 0.05) is 12.1 Å². The van der Waals surface area contributed by atoms with Crippen molar-refractivity contribution in [2.24, 2.45) is 5.73 Å². The Morgan fingerprint density at radius 2 is 2.16 bits per heavy atom. The van der Waals surface area contributed by atoms with Crippen molar-refractivity contribution in [1.29, 1.82) is 0 Å². The first-order valence-corrected chi connectivity index (χ1v) is 7.19. The summed E-state index contributed by atoms with van der Waals surface area (Å²) in [6.45, 7) is 2.56. The number of hydrogen-bond donors (Lipinski definition) is 1. The Bertz CT molecular complexity index is 509. The summed E-state index contributed by atoms with van der Waals surface area (Å²) in [5, 5.41) is 4.14. The summed E-state index contributed by atoms with van der Waals surface area (Å²) in [4.78, 5) is 0. The Morgan fingerprint density at radius 3 is 2.79 bits per heavy atom. The highest BCUT2D eigenvalue weighted by Crippen LogP contribution is 2.26. The third-order valence-corrected chi connectivity index (χ3v) is 3.52. The molecule has 0 bridgehead atoms. The first-order valence-electron chi connectivity index (χ1n) is 6.25. The average molecular weight is 277 g/mol. The number of rotatable bonds is 6. The quantitative estimate of drug-likeness (QED) is 0.881. The molecule has 1 unspecified atom stereocenters. The molecule has 2 N–H and O–H groups in total. The fourth-order valence-electron chi connectivity index (χ4n) is 1.85. The van der Waals surface area contributed by atoms with Crippen LogP contribution in [-0.4, -0.2) is 13.2 Å². The summed E-state index contributed by atoms with van der Waals surface area (Å²) in [7, 11) is 1.66. The van der Waals surface area contributed by atoms with Crippen LogP contribution in [0.2, 0.25) is 0 Å². The van der Waals surface area contributed by atoms with Crippen LogP contribution < -0.4 is 15.2 Å². The molecule has 1 heterocycles. The molecule has 2 aromatic rings. The molecular formula is C15H19NO2S. The third-order valence-electron chi connectivity index (χ3n) is 2.79. The fraction of sp³-hybridized carbons (Fsp3) is 0.333. The maximum Gasteiger partial charge on any atom is 0.126 e. The SMILES string of the molecule is COc1ccc(CC(C)N)c(OCc2ccsc2)c1. The van der Waals surface area contributed by atoms with Crippen LogP contribution in [0.25, 0.3) is 0 Å². The Morgan fingerprint density at radius 1 is 1.32 bits per heavy atom. The lowest BCUT2D eigenvalue weighted by Crippen LogP contribution is -2.18. The Hall–Kier alpha value is -1.52. The zero-order chi connectivity index (χ0) is 13.7. The number of ether oxygens (including phenoxy) is 2. The van der Waals surface area contributed by atoms with Crippen molar-refractivity contribution in [1.82, 2.24) is 0 Å². The van der Waals surface area contributed by atoms with Crippen molar-refractivity contribution in [2.75, 3.05) is 7.11 Å². The molecule has 0 radical (unpaired) electrons. The lowest BCUT2D eigenvalue weighted by atomic mass is 10.1. The molecule has 1 atom stereocenters. The van der Waals surface area contributed by atoms with E-state index in [1.807, 2.05) is 30.5 Å². The molecule has 0 aliphatic rings. The van der Waals surface area contributed by atoms with Crippen molar-refractivity contribution in [2.45, 2.75) is 26.0 Å². The summed E-state index contributed by atoms with van der Waals surface area (Å²) in [5.74, 6) is 1.65. The molecule has 0 aliphatic carbocycles. The van der Waals surface area contributed by atoms with Gasteiger partial charge in [-0.15, -0.1) is 0 Å². The van der Waals surface area contributed by atoms with Crippen LogP contribution >= 0.6 is 11.3 Å². The van der Waals surface area contributed by atoms with Crippen molar-refractivity contribution >= 4 is 11.3 Å². The number of methoxy groups -OCH3 is 1. The normalized spacial score (nSPS) is 12.2. The van der Waals surface area contributed by atoms with Crippen LogP contribution in [0, 0.1) is 0 Å². The molecule has 1 aromatic heterocycles. The highest BCUT2D eigenvalue weighted by atomic mass is 32.1. The van der Waals surface area contributed by atoms with Gasteiger partial charge in [0.05, 0.1) is 7.11 Å². The van der Waals surface area contributed by atoms with Gasteiger partial charge in [-0.25, -0.2) is 0 Å². The van der Waals surface area contributed by atoms with E-state index >= 15 is 0 Å². The maximum atomic E-state index is 5.90. The second-order valence-electron chi connectivity index (χ2n) is 4.58. The maximum absolute atomic E-state index is 5.90. The molecule has 0 amide bonds. The zero-order valence-electron chi connectivity index (χ0n) is 11.3. The van der Waals surface area contributed by atoms with E-state index in [9.17, 15) is 0 Å². The molecule has 0 spiro atoms. The lowest BCUT2D eigenvalue weighted by molar-refractivity contribution is 0.300. The summed E-state index contributed by atoms with van der Waals surface area (Å²) >= 11 is 1.67. The molecule has 4 heteroatoms. The molecule has 2 rings (SSSR count). The summed E-state index contributed by atoms with van der Waals surface area (Å²) in [6.07, 6.45) is 0.795. The van der Waals surface area contributed by atoms with E-state index in [0.29, 0.717) is 6.61 Å². The van der Waals surface area contributed by atoms with E-state index in [4.69, 9.17) is 15.2 Å². The van der Waals surface area contributed by atoms with Crippen molar-refractivity contribution in [3.8, 4) is 11.5 Å². The van der Waals surface area contributed by atoms with E-state index in [2.05, 4.69) is 11.4 Å². The summed E-state index contributed by atoms with van der Waals surface area (Å²) in [5.41, 5.74) is 8.17. The molecule has 1 aromatic carbocycles. The van der Waals surface area contributed by atoms with Crippen LogP contribution in [0.1, 0.15) is 18.1 Å². The van der Waals surface area contributed by atoms with Gasteiger partial charge < -0.3 is 15.2 Å². The van der Waals surface area contributed by atoms with Gasteiger partial charge >= 0.3 is 0 Å². The lowest BCUT2D eigenvalue weighted by Gasteiger charge is -2.14. The van der Waals surface area contributed by atoms with Gasteiger partial charge in [0.25, 0.3) is 0 Å². The first-order chi connectivity index (χ1) is 9.19. The largest absolute Gasteiger partial charge is 0.497 e.